The molecule has 1 aliphatic rings. The van der Waals surface area contributed by atoms with Crippen molar-refractivity contribution in [1.82, 2.24) is 9.80 Å². The van der Waals surface area contributed by atoms with Gasteiger partial charge in [-0.15, -0.1) is 0 Å². The molecule has 0 unspecified atom stereocenters. The molecule has 2 atom stereocenters. The largest absolute Gasteiger partial charge is 0.467 e. The van der Waals surface area contributed by atoms with Gasteiger partial charge in [-0.25, -0.2) is 4.79 Å². The maximum absolute atomic E-state index is 12.2. The molecule has 0 bridgehead atoms. The zero-order chi connectivity index (χ0) is 15.4. The minimum absolute atomic E-state index is 0.0184. The first-order valence-electron chi connectivity index (χ1n) is 6.69. The molecule has 0 aromatic carbocycles. The SMILES string of the molecule is COC(=O)[C@@H]1CN(C(=O)[C@@H](N)C(C)C)CCN1C(C)=O. The first-order chi connectivity index (χ1) is 9.29. The Bertz CT molecular complexity index is 397. The topological polar surface area (TPSA) is 92.9 Å². The third kappa shape index (κ3) is 3.47. The van der Waals surface area contributed by atoms with Crippen molar-refractivity contribution in [2.45, 2.75) is 32.9 Å². The zero-order valence-electron chi connectivity index (χ0n) is 12.5. The second-order valence-electron chi connectivity index (χ2n) is 5.31. The fourth-order valence-electron chi connectivity index (χ4n) is 2.19. The van der Waals surface area contributed by atoms with E-state index in [2.05, 4.69) is 0 Å². The van der Waals surface area contributed by atoms with Crippen LogP contribution in [0.5, 0.6) is 0 Å². The lowest BCUT2D eigenvalue weighted by Crippen LogP contribution is -2.61. The van der Waals surface area contributed by atoms with E-state index in [1.807, 2.05) is 13.8 Å². The summed E-state index contributed by atoms with van der Waals surface area (Å²) in [4.78, 5) is 38.5. The summed E-state index contributed by atoms with van der Waals surface area (Å²) in [6.07, 6.45) is 0. The van der Waals surface area contributed by atoms with Crippen LogP contribution in [-0.2, 0) is 19.1 Å². The lowest BCUT2D eigenvalue weighted by atomic mass is 10.0. The molecular weight excluding hydrogens is 262 g/mol. The molecule has 1 fully saturated rings. The van der Waals surface area contributed by atoms with Crippen LogP contribution in [0.25, 0.3) is 0 Å². The van der Waals surface area contributed by atoms with E-state index in [0.29, 0.717) is 13.1 Å². The monoisotopic (exact) mass is 285 g/mol. The predicted molar refractivity (Wildman–Crippen MR) is 72.6 cm³/mol. The molecule has 1 saturated heterocycles. The summed E-state index contributed by atoms with van der Waals surface area (Å²) < 4.78 is 4.70. The third-order valence-electron chi connectivity index (χ3n) is 3.57. The van der Waals surface area contributed by atoms with E-state index in [-0.39, 0.29) is 24.3 Å². The Hall–Kier alpha value is -1.63. The van der Waals surface area contributed by atoms with E-state index in [1.54, 1.807) is 0 Å². The highest BCUT2D eigenvalue weighted by Gasteiger charge is 2.37. The van der Waals surface area contributed by atoms with Gasteiger partial charge in [-0.2, -0.15) is 0 Å². The number of esters is 1. The van der Waals surface area contributed by atoms with Crippen LogP contribution in [0, 0.1) is 5.92 Å². The summed E-state index contributed by atoms with van der Waals surface area (Å²) in [5, 5.41) is 0. The number of rotatable bonds is 3. The highest BCUT2D eigenvalue weighted by Crippen LogP contribution is 2.14. The molecule has 0 radical (unpaired) electrons. The molecule has 2 amide bonds. The van der Waals surface area contributed by atoms with Crippen molar-refractivity contribution in [3.05, 3.63) is 0 Å². The highest BCUT2D eigenvalue weighted by atomic mass is 16.5. The van der Waals surface area contributed by atoms with Crippen molar-refractivity contribution in [1.29, 1.82) is 0 Å². The Morgan fingerprint density at radius 3 is 2.30 bits per heavy atom. The van der Waals surface area contributed by atoms with E-state index in [0.717, 1.165) is 0 Å². The fourth-order valence-corrected chi connectivity index (χ4v) is 2.19. The van der Waals surface area contributed by atoms with Gasteiger partial charge in [-0.05, 0) is 5.92 Å². The van der Waals surface area contributed by atoms with Crippen molar-refractivity contribution in [2.24, 2.45) is 11.7 Å². The molecule has 7 nitrogen and oxygen atoms in total. The van der Waals surface area contributed by atoms with Crippen molar-refractivity contribution < 1.29 is 19.1 Å². The molecule has 0 spiro atoms. The van der Waals surface area contributed by atoms with Gasteiger partial charge in [0.2, 0.25) is 11.8 Å². The van der Waals surface area contributed by atoms with Crippen LogP contribution in [0.1, 0.15) is 20.8 Å². The number of piperazine rings is 1. The summed E-state index contributed by atoms with van der Waals surface area (Å²) in [5.74, 6) is -0.904. The molecule has 2 N–H and O–H groups in total. The van der Waals surface area contributed by atoms with Gasteiger partial charge in [-0.1, -0.05) is 13.8 Å². The van der Waals surface area contributed by atoms with Crippen molar-refractivity contribution >= 4 is 17.8 Å². The minimum atomic E-state index is -0.755. The molecule has 0 saturated carbocycles. The van der Waals surface area contributed by atoms with Crippen LogP contribution < -0.4 is 5.73 Å². The summed E-state index contributed by atoms with van der Waals surface area (Å²) in [6, 6.07) is -1.35. The van der Waals surface area contributed by atoms with Crippen LogP contribution in [0.15, 0.2) is 0 Å². The number of carbonyl (C=O) groups is 3. The van der Waals surface area contributed by atoms with Gasteiger partial charge < -0.3 is 20.3 Å². The van der Waals surface area contributed by atoms with E-state index in [1.165, 1.54) is 23.8 Å². The van der Waals surface area contributed by atoms with Crippen molar-refractivity contribution in [2.75, 3.05) is 26.7 Å². The molecule has 20 heavy (non-hydrogen) atoms. The first kappa shape index (κ1) is 16.4. The Morgan fingerprint density at radius 1 is 1.25 bits per heavy atom. The van der Waals surface area contributed by atoms with E-state index < -0.39 is 18.1 Å². The van der Waals surface area contributed by atoms with Crippen molar-refractivity contribution in [3.8, 4) is 0 Å². The molecule has 1 aliphatic heterocycles. The lowest BCUT2D eigenvalue weighted by molar-refractivity contribution is -0.158. The van der Waals surface area contributed by atoms with E-state index in [9.17, 15) is 14.4 Å². The van der Waals surface area contributed by atoms with Gasteiger partial charge in [0.1, 0.15) is 6.04 Å². The van der Waals surface area contributed by atoms with Gasteiger partial charge in [0.15, 0.2) is 0 Å². The maximum Gasteiger partial charge on any atom is 0.330 e. The summed E-state index contributed by atoms with van der Waals surface area (Å²) in [5.41, 5.74) is 5.85. The van der Waals surface area contributed by atoms with Crippen LogP contribution in [0.2, 0.25) is 0 Å². The van der Waals surface area contributed by atoms with Gasteiger partial charge in [0.25, 0.3) is 0 Å². The minimum Gasteiger partial charge on any atom is -0.467 e. The number of carbonyl (C=O) groups excluding carboxylic acids is 3. The molecule has 7 heteroatoms. The lowest BCUT2D eigenvalue weighted by Gasteiger charge is -2.40. The number of methoxy groups -OCH3 is 1. The highest BCUT2D eigenvalue weighted by molar-refractivity contribution is 5.86. The van der Waals surface area contributed by atoms with E-state index in [4.69, 9.17) is 10.5 Å². The normalized spacial score (nSPS) is 20.8. The predicted octanol–water partition coefficient (Wildman–Crippen LogP) is -0.798. The zero-order valence-corrected chi connectivity index (χ0v) is 12.5. The smallest absolute Gasteiger partial charge is 0.330 e. The van der Waals surface area contributed by atoms with Crippen LogP contribution in [-0.4, -0.2) is 66.4 Å². The maximum atomic E-state index is 12.2. The number of hydrogen-bond donors (Lipinski definition) is 1. The van der Waals surface area contributed by atoms with Gasteiger partial charge >= 0.3 is 5.97 Å². The molecule has 0 aromatic heterocycles. The molecule has 0 aliphatic carbocycles. The molecular formula is C13H23N3O4. The second kappa shape index (κ2) is 6.69. The Morgan fingerprint density at radius 2 is 1.85 bits per heavy atom. The van der Waals surface area contributed by atoms with Crippen LogP contribution >= 0.6 is 0 Å². The number of hydrogen-bond acceptors (Lipinski definition) is 5. The standard InChI is InChI=1S/C13H23N3O4/c1-8(2)11(14)12(18)15-5-6-16(9(3)17)10(7-15)13(19)20-4/h8,10-11H,5-7,14H2,1-4H3/t10-,11-/m0/s1. The molecule has 1 rings (SSSR count). The quantitative estimate of drug-likeness (QED) is 0.685. The fraction of sp³-hybridized carbons (Fsp3) is 0.769. The van der Waals surface area contributed by atoms with Gasteiger partial charge in [0, 0.05) is 20.0 Å². The van der Waals surface area contributed by atoms with Crippen LogP contribution in [0.3, 0.4) is 0 Å². The second-order valence-corrected chi connectivity index (χ2v) is 5.31. The average molecular weight is 285 g/mol. The Kier molecular flexibility index (Phi) is 5.50. The van der Waals surface area contributed by atoms with Gasteiger partial charge in [-0.3, -0.25) is 9.59 Å². The van der Waals surface area contributed by atoms with Crippen molar-refractivity contribution in [3.63, 3.8) is 0 Å². The molecule has 1 heterocycles. The summed E-state index contributed by atoms with van der Waals surface area (Å²) in [7, 11) is 1.27. The first-order valence-corrected chi connectivity index (χ1v) is 6.69. The van der Waals surface area contributed by atoms with E-state index >= 15 is 0 Å². The van der Waals surface area contributed by atoms with Crippen LogP contribution in [0.4, 0.5) is 0 Å². The summed E-state index contributed by atoms with van der Waals surface area (Å²) in [6.45, 7) is 5.95. The molecule has 114 valence electrons. The Labute approximate surface area is 119 Å². The third-order valence-corrected chi connectivity index (χ3v) is 3.57. The Balaban J connectivity index is 2.83. The summed E-state index contributed by atoms with van der Waals surface area (Å²) >= 11 is 0. The number of nitrogens with two attached hydrogens (primary N) is 1. The van der Waals surface area contributed by atoms with Gasteiger partial charge in [0.05, 0.1) is 19.7 Å². The number of amides is 2. The number of ether oxygens (including phenoxy) is 1. The average Bonchev–Trinajstić information content (AvgIpc) is 2.43. The molecule has 0 aromatic rings. The number of nitrogens with zero attached hydrogens (tertiary/aromatic N) is 2.